The van der Waals surface area contributed by atoms with Gasteiger partial charge in [-0.2, -0.15) is 0 Å². The molecule has 30 heavy (non-hydrogen) atoms. The largest absolute Gasteiger partial charge is 0.387 e. The van der Waals surface area contributed by atoms with Gasteiger partial charge in [0.1, 0.15) is 13.2 Å². The second-order valence-electron chi connectivity index (χ2n) is 8.35. The maximum absolute atomic E-state index is 12.0. The van der Waals surface area contributed by atoms with Crippen LogP contribution in [0.4, 0.5) is 0 Å². The first-order chi connectivity index (χ1) is 14.5. The van der Waals surface area contributed by atoms with Crippen LogP contribution in [0.1, 0.15) is 117 Å². The number of nitrogens with zero attached hydrogens (tertiary/aromatic N) is 1. The van der Waals surface area contributed by atoms with E-state index in [1.165, 1.54) is 70.6 Å². The van der Waals surface area contributed by atoms with E-state index in [9.17, 15) is 14.4 Å². The molecule has 0 atom stereocenters. The quantitative estimate of drug-likeness (QED) is 0.290. The first kappa shape index (κ1) is 28.7. The van der Waals surface area contributed by atoms with Crippen LogP contribution in [0.3, 0.4) is 0 Å². The highest BCUT2D eigenvalue weighted by Crippen LogP contribution is 2.23. The van der Waals surface area contributed by atoms with Crippen molar-refractivity contribution in [3.63, 3.8) is 0 Å². The van der Waals surface area contributed by atoms with Crippen LogP contribution >= 0.6 is 0 Å². The van der Waals surface area contributed by atoms with Crippen molar-refractivity contribution in [1.82, 2.24) is 4.90 Å². The second kappa shape index (κ2) is 19.7. The van der Waals surface area contributed by atoms with Crippen molar-refractivity contribution in [2.24, 2.45) is 5.92 Å². The van der Waals surface area contributed by atoms with E-state index in [1.54, 1.807) is 0 Å². The van der Waals surface area contributed by atoms with E-state index >= 15 is 0 Å². The van der Waals surface area contributed by atoms with Crippen LogP contribution in [-0.2, 0) is 14.4 Å². The van der Waals surface area contributed by atoms with E-state index in [1.807, 2.05) is 0 Å². The predicted molar refractivity (Wildman–Crippen MR) is 120 cm³/mol. The second-order valence-corrected chi connectivity index (χ2v) is 8.35. The number of carbonyl (C=O) groups is 3. The van der Waals surface area contributed by atoms with E-state index in [-0.39, 0.29) is 6.42 Å². The number of imide groups is 3. The van der Waals surface area contributed by atoms with Crippen LogP contribution in [0, 0.1) is 5.92 Å². The average molecular weight is 428 g/mol. The Labute approximate surface area is 183 Å². The van der Waals surface area contributed by atoms with Crippen LogP contribution in [-0.4, -0.2) is 46.0 Å². The van der Waals surface area contributed by atoms with Crippen molar-refractivity contribution >= 4 is 17.7 Å². The summed E-state index contributed by atoms with van der Waals surface area (Å²) in [6.07, 6.45) is 18.3. The number of aliphatic hydroxyl groups is 2. The molecule has 0 bridgehead atoms. The van der Waals surface area contributed by atoms with Crippen molar-refractivity contribution in [3.05, 3.63) is 0 Å². The third-order valence-electron chi connectivity index (χ3n) is 5.70. The topological polar surface area (TPSA) is 94.9 Å². The number of hydrogen-bond donors (Lipinski definition) is 2. The van der Waals surface area contributed by atoms with Gasteiger partial charge in [-0.05, 0) is 12.3 Å². The van der Waals surface area contributed by atoms with Crippen LogP contribution in [0.2, 0.25) is 0 Å². The Hall–Kier alpha value is -1.27. The highest BCUT2D eigenvalue weighted by atomic mass is 16.3. The van der Waals surface area contributed by atoms with Gasteiger partial charge in [-0.25, -0.2) is 4.90 Å². The Bertz CT molecular complexity index is 443. The maximum atomic E-state index is 12.0. The van der Waals surface area contributed by atoms with Gasteiger partial charge in [-0.1, -0.05) is 104 Å². The summed E-state index contributed by atoms with van der Waals surface area (Å²) in [7, 11) is 0. The fourth-order valence-electron chi connectivity index (χ4n) is 3.86. The lowest BCUT2D eigenvalue weighted by Gasteiger charge is -2.16. The first-order valence-electron chi connectivity index (χ1n) is 12.1. The van der Waals surface area contributed by atoms with Gasteiger partial charge in [0.2, 0.25) is 5.91 Å². The molecule has 0 aromatic rings. The van der Waals surface area contributed by atoms with Gasteiger partial charge in [0.15, 0.2) is 0 Å². The van der Waals surface area contributed by atoms with Crippen LogP contribution in [0.25, 0.3) is 0 Å². The lowest BCUT2D eigenvalue weighted by Crippen LogP contribution is -2.44. The van der Waals surface area contributed by atoms with Gasteiger partial charge in [-0.3, -0.25) is 14.4 Å². The molecule has 6 heteroatoms. The molecule has 0 aromatic heterocycles. The van der Waals surface area contributed by atoms with Gasteiger partial charge in [0.25, 0.3) is 11.8 Å². The van der Waals surface area contributed by atoms with E-state index in [0.717, 1.165) is 25.2 Å². The molecule has 0 aliphatic heterocycles. The lowest BCUT2D eigenvalue weighted by atomic mass is 9.90. The Morgan fingerprint density at radius 2 is 1.00 bits per heavy atom. The van der Waals surface area contributed by atoms with Crippen LogP contribution < -0.4 is 0 Å². The smallest absolute Gasteiger partial charge is 0.261 e. The van der Waals surface area contributed by atoms with Crippen LogP contribution in [0.5, 0.6) is 0 Å². The molecule has 176 valence electrons. The molecule has 6 nitrogen and oxygen atoms in total. The standard InChI is InChI=1S/C24H45NO5/c1-3-5-15-21(16-6-4-2)17-13-11-9-7-8-10-12-14-18-22(28)25(23(29)19-26)24(30)20-27/h21,26-27H,3-20H2,1-2H3. The molecule has 2 N–H and O–H groups in total. The number of unbranched alkanes of at least 4 members (excludes halogenated alkanes) is 9. The minimum atomic E-state index is -0.981. The Kier molecular flexibility index (Phi) is 18.8. The summed E-state index contributed by atoms with van der Waals surface area (Å²) in [5.74, 6) is -1.69. The van der Waals surface area contributed by atoms with Crippen molar-refractivity contribution in [1.29, 1.82) is 0 Å². The van der Waals surface area contributed by atoms with Gasteiger partial charge in [0, 0.05) is 6.42 Å². The van der Waals surface area contributed by atoms with Crippen molar-refractivity contribution in [2.45, 2.75) is 117 Å². The number of amides is 3. The number of carbonyl (C=O) groups excluding carboxylic acids is 3. The molecular formula is C24H45NO5. The summed E-state index contributed by atoms with van der Waals surface area (Å²) in [5, 5.41) is 17.7. The average Bonchev–Trinajstić information content (AvgIpc) is 2.75. The highest BCUT2D eigenvalue weighted by molar-refractivity contribution is 6.11. The van der Waals surface area contributed by atoms with Gasteiger partial charge >= 0.3 is 0 Å². The monoisotopic (exact) mass is 427 g/mol. The molecule has 0 radical (unpaired) electrons. The van der Waals surface area contributed by atoms with Gasteiger partial charge in [-0.15, -0.1) is 0 Å². The fourth-order valence-corrected chi connectivity index (χ4v) is 3.86. The van der Waals surface area contributed by atoms with E-state index in [4.69, 9.17) is 10.2 Å². The fraction of sp³-hybridized carbons (Fsp3) is 0.875. The summed E-state index contributed by atoms with van der Waals surface area (Å²) < 4.78 is 0. The number of rotatable bonds is 19. The Balaban J connectivity index is 3.80. The summed E-state index contributed by atoms with van der Waals surface area (Å²) in [6.45, 7) is 2.70. The zero-order chi connectivity index (χ0) is 22.6. The summed E-state index contributed by atoms with van der Waals surface area (Å²) >= 11 is 0. The predicted octanol–water partition coefficient (Wildman–Crippen LogP) is 4.75. The normalized spacial score (nSPS) is 11.1. The van der Waals surface area contributed by atoms with Crippen molar-refractivity contribution in [3.8, 4) is 0 Å². The molecule has 0 aliphatic rings. The Morgan fingerprint density at radius 1 is 0.600 bits per heavy atom. The minimum Gasteiger partial charge on any atom is -0.387 e. The third-order valence-corrected chi connectivity index (χ3v) is 5.70. The van der Waals surface area contributed by atoms with Crippen molar-refractivity contribution in [2.75, 3.05) is 13.2 Å². The van der Waals surface area contributed by atoms with E-state index < -0.39 is 30.9 Å². The zero-order valence-corrected chi connectivity index (χ0v) is 19.4. The summed E-state index contributed by atoms with van der Waals surface area (Å²) in [5.41, 5.74) is 0. The maximum Gasteiger partial charge on any atom is 0.261 e. The van der Waals surface area contributed by atoms with Crippen LogP contribution in [0.15, 0.2) is 0 Å². The van der Waals surface area contributed by atoms with E-state index in [0.29, 0.717) is 11.3 Å². The van der Waals surface area contributed by atoms with E-state index in [2.05, 4.69) is 13.8 Å². The third kappa shape index (κ3) is 13.9. The molecule has 0 saturated carbocycles. The molecule has 0 heterocycles. The zero-order valence-electron chi connectivity index (χ0n) is 19.4. The number of aliphatic hydroxyl groups excluding tert-OH is 2. The van der Waals surface area contributed by atoms with Gasteiger partial charge < -0.3 is 10.2 Å². The molecule has 3 amide bonds. The van der Waals surface area contributed by atoms with Gasteiger partial charge in [0.05, 0.1) is 0 Å². The molecular weight excluding hydrogens is 382 g/mol. The van der Waals surface area contributed by atoms with Crippen molar-refractivity contribution < 1.29 is 24.6 Å². The molecule has 0 rings (SSSR count). The lowest BCUT2D eigenvalue weighted by molar-refractivity contribution is -0.156. The SMILES string of the molecule is CCCCC(CCCC)CCCCCCCCCCC(=O)N(C(=O)CO)C(=O)CO. The number of hydrogen-bond acceptors (Lipinski definition) is 5. The first-order valence-corrected chi connectivity index (χ1v) is 12.1. The molecule has 0 aliphatic carbocycles. The molecule has 0 saturated heterocycles. The molecule has 0 aromatic carbocycles. The molecule has 0 spiro atoms. The Morgan fingerprint density at radius 3 is 1.43 bits per heavy atom. The highest BCUT2D eigenvalue weighted by Gasteiger charge is 2.26. The molecule has 0 fully saturated rings. The summed E-state index contributed by atoms with van der Waals surface area (Å²) in [4.78, 5) is 35.3. The summed E-state index contributed by atoms with van der Waals surface area (Å²) in [6, 6.07) is 0. The minimum absolute atomic E-state index is 0.0778. The molecule has 0 unspecified atom stereocenters.